The van der Waals surface area contributed by atoms with Crippen LogP contribution >= 0.6 is 0 Å². The number of benzene rings is 1. The summed E-state index contributed by atoms with van der Waals surface area (Å²) in [6.07, 6.45) is 6.46. The Bertz CT molecular complexity index is 719. The molecule has 0 spiro atoms. The molecule has 5 heteroatoms. The van der Waals surface area contributed by atoms with Gasteiger partial charge in [-0.25, -0.2) is 4.79 Å². The van der Waals surface area contributed by atoms with E-state index in [1.54, 1.807) is 13.8 Å². The van der Waals surface area contributed by atoms with Crippen LogP contribution in [0.5, 0.6) is 11.5 Å². The zero-order valence-electron chi connectivity index (χ0n) is 14.0. The molecule has 1 aromatic rings. The number of carbonyl (C=O) groups is 1. The molecule has 3 aliphatic rings. The van der Waals surface area contributed by atoms with E-state index in [2.05, 4.69) is 12.1 Å². The average molecular weight is 330 g/mol. The van der Waals surface area contributed by atoms with Gasteiger partial charge in [-0.05, 0) is 50.3 Å². The second-order valence-corrected chi connectivity index (χ2v) is 7.24. The Labute approximate surface area is 141 Å². The van der Waals surface area contributed by atoms with Crippen molar-refractivity contribution in [1.29, 1.82) is 0 Å². The summed E-state index contributed by atoms with van der Waals surface area (Å²) in [6.45, 7) is 3.79. The molecule has 0 radical (unpaired) electrons. The fourth-order valence-corrected chi connectivity index (χ4v) is 3.60. The predicted octanol–water partition coefficient (Wildman–Crippen LogP) is 3.20. The van der Waals surface area contributed by atoms with Crippen molar-refractivity contribution in [1.82, 2.24) is 0 Å². The van der Waals surface area contributed by atoms with Crippen molar-refractivity contribution >= 4 is 11.5 Å². The Balaban J connectivity index is 1.76. The standard InChI is InChI=1S/C19H22O5/c1-19(2,18(20)21)24-17-10-16-11(5-6-22-16)9-15(17)12-7-13-3-4-14(8-12)23-13/h7,9-10,13-14H,3-6,8H2,1-2H3,(H,20,21). The lowest BCUT2D eigenvalue weighted by atomic mass is 9.95. The molecule has 1 saturated heterocycles. The van der Waals surface area contributed by atoms with Gasteiger partial charge in [0.25, 0.3) is 0 Å². The summed E-state index contributed by atoms with van der Waals surface area (Å²) in [4.78, 5) is 11.5. The largest absolute Gasteiger partial charge is 0.493 e. The van der Waals surface area contributed by atoms with E-state index in [4.69, 9.17) is 14.2 Å². The summed E-state index contributed by atoms with van der Waals surface area (Å²) in [6, 6.07) is 3.95. The van der Waals surface area contributed by atoms with Crippen LogP contribution in [0.1, 0.15) is 44.2 Å². The van der Waals surface area contributed by atoms with Crippen molar-refractivity contribution < 1.29 is 24.1 Å². The highest BCUT2D eigenvalue weighted by Crippen LogP contribution is 2.43. The van der Waals surface area contributed by atoms with Crippen LogP contribution in [0.3, 0.4) is 0 Å². The second kappa shape index (κ2) is 5.52. The molecular weight excluding hydrogens is 308 g/mol. The van der Waals surface area contributed by atoms with Crippen molar-refractivity contribution in [2.45, 2.75) is 57.3 Å². The van der Waals surface area contributed by atoms with E-state index >= 15 is 0 Å². The first-order chi connectivity index (χ1) is 11.4. The van der Waals surface area contributed by atoms with E-state index in [1.807, 2.05) is 6.07 Å². The van der Waals surface area contributed by atoms with Gasteiger partial charge in [-0.3, -0.25) is 0 Å². The highest BCUT2D eigenvalue weighted by Gasteiger charge is 2.34. The van der Waals surface area contributed by atoms with Gasteiger partial charge in [0.1, 0.15) is 11.5 Å². The normalized spacial score (nSPS) is 25.0. The maximum absolute atomic E-state index is 11.5. The van der Waals surface area contributed by atoms with Gasteiger partial charge in [0.05, 0.1) is 18.8 Å². The smallest absolute Gasteiger partial charge is 0.347 e. The van der Waals surface area contributed by atoms with Crippen LogP contribution in [0.4, 0.5) is 0 Å². The van der Waals surface area contributed by atoms with Crippen LogP contribution in [0.25, 0.3) is 5.57 Å². The van der Waals surface area contributed by atoms with Gasteiger partial charge >= 0.3 is 5.97 Å². The Kier molecular flexibility index (Phi) is 3.57. The Morgan fingerprint density at radius 2 is 2.17 bits per heavy atom. The van der Waals surface area contributed by atoms with Crippen molar-refractivity contribution in [3.8, 4) is 11.5 Å². The molecule has 1 aromatic carbocycles. The zero-order valence-corrected chi connectivity index (χ0v) is 14.0. The molecule has 3 aliphatic heterocycles. The number of hydrogen-bond donors (Lipinski definition) is 1. The maximum Gasteiger partial charge on any atom is 0.347 e. The van der Waals surface area contributed by atoms with Gasteiger partial charge in [-0.1, -0.05) is 6.08 Å². The number of hydrogen-bond acceptors (Lipinski definition) is 4. The fourth-order valence-electron chi connectivity index (χ4n) is 3.60. The molecule has 0 saturated carbocycles. The number of fused-ring (bicyclic) bond motifs is 3. The molecule has 0 amide bonds. The Morgan fingerprint density at radius 3 is 2.92 bits per heavy atom. The first kappa shape index (κ1) is 15.5. The van der Waals surface area contributed by atoms with Gasteiger partial charge in [0.2, 0.25) is 0 Å². The average Bonchev–Trinajstić information content (AvgIpc) is 3.11. The molecule has 4 rings (SSSR count). The third-order valence-corrected chi connectivity index (χ3v) is 4.99. The number of rotatable bonds is 4. The first-order valence-electron chi connectivity index (χ1n) is 8.51. The van der Waals surface area contributed by atoms with Crippen molar-refractivity contribution in [3.05, 3.63) is 29.3 Å². The van der Waals surface area contributed by atoms with Gasteiger partial charge in [-0.15, -0.1) is 0 Å². The maximum atomic E-state index is 11.5. The molecular formula is C19H22O5. The van der Waals surface area contributed by atoms with Gasteiger partial charge in [0.15, 0.2) is 5.60 Å². The summed E-state index contributed by atoms with van der Waals surface area (Å²) in [7, 11) is 0. The van der Waals surface area contributed by atoms with Crippen LogP contribution in [-0.2, 0) is 16.0 Å². The topological polar surface area (TPSA) is 65.0 Å². The number of carboxylic acid groups (broad SMARTS) is 1. The molecule has 0 aromatic heterocycles. The molecule has 3 heterocycles. The van der Waals surface area contributed by atoms with Crippen LogP contribution in [0.2, 0.25) is 0 Å². The molecule has 2 bridgehead atoms. The van der Waals surface area contributed by atoms with Crippen LogP contribution < -0.4 is 9.47 Å². The van der Waals surface area contributed by atoms with Gasteiger partial charge in [0, 0.05) is 18.1 Å². The number of aliphatic carboxylic acids is 1. The van der Waals surface area contributed by atoms with E-state index < -0.39 is 11.6 Å². The SMILES string of the molecule is CC(C)(Oc1cc2c(cc1C1=CC3CCC(C1)O3)CCO2)C(=O)O. The van der Waals surface area contributed by atoms with Gasteiger partial charge < -0.3 is 19.3 Å². The molecule has 0 aliphatic carbocycles. The third kappa shape index (κ3) is 2.67. The summed E-state index contributed by atoms with van der Waals surface area (Å²) in [5.41, 5.74) is 2.03. The van der Waals surface area contributed by atoms with Gasteiger partial charge in [-0.2, -0.15) is 0 Å². The molecule has 1 N–H and O–H groups in total. The van der Waals surface area contributed by atoms with Crippen molar-refractivity contribution in [2.24, 2.45) is 0 Å². The van der Waals surface area contributed by atoms with E-state index in [0.29, 0.717) is 12.4 Å². The summed E-state index contributed by atoms with van der Waals surface area (Å²) in [5, 5.41) is 9.40. The molecule has 24 heavy (non-hydrogen) atoms. The quantitative estimate of drug-likeness (QED) is 0.918. The zero-order chi connectivity index (χ0) is 16.9. The van der Waals surface area contributed by atoms with E-state index in [1.165, 1.54) is 5.57 Å². The molecule has 128 valence electrons. The molecule has 5 nitrogen and oxygen atoms in total. The third-order valence-electron chi connectivity index (χ3n) is 4.99. The summed E-state index contributed by atoms with van der Waals surface area (Å²) in [5.74, 6) is 0.386. The lowest BCUT2D eigenvalue weighted by Crippen LogP contribution is -2.38. The minimum atomic E-state index is -1.30. The monoisotopic (exact) mass is 330 g/mol. The summed E-state index contributed by atoms with van der Waals surface area (Å²) >= 11 is 0. The highest BCUT2D eigenvalue weighted by atomic mass is 16.5. The number of ether oxygens (including phenoxy) is 3. The van der Waals surface area contributed by atoms with Crippen LogP contribution in [0, 0.1) is 0 Å². The Hall–Kier alpha value is -2.01. The van der Waals surface area contributed by atoms with Crippen LogP contribution in [0.15, 0.2) is 18.2 Å². The minimum Gasteiger partial charge on any atom is -0.493 e. The lowest BCUT2D eigenvalue weighted by Gasteiger charge is -2.27. The number of carboxylic acids is 1. The van der Waals surface area contributed by atoms with E-state index in [0.717, 1.165) is 42.6 Å². The van der Waals surface area contributed by atoms with Crippen molar-refractivity contribution in [3.63, 3.8) is 0 Å². The van der Waals surface area contributed by atoms with Crippen molar-refractivity contribution in [2.75, 3.05) is 6.61 Å². The van der Waals surface area contributed by atoms with E-state index in [-0.39, 0.29) is 12.2 Å². The Morgan fingerprint density at radius 1 is 1.33 bits per heavy atom. The summed E-state index contributed by atoms with van der Waals surface area (Å²) < 4.78 is 17.4. The second-order valence-electron chi connectivity index (χ2n) is 7.24. The highest BCUT2D eigenvalue weighted by molar-refractivity contribution is 5.78. The first-order valence-corrected chi connectivity index (χ1v) is 8.51. The minimum absolute atomic E-state index is 0.170. The van der Waals surface area contributed by atoms with Crippen LogP contribution in [-0.4, -0.2) is 35.5 Å². The fraction of sp³-hybridized carbons (Fsp3) is 0.526. The lowest BCUT2D eigenvalue weighted by molar-refractivity contribution is -0.152. The van der Waals surface area contributed by atoms with E-state index in [9.17, 15) is 9.90 Å². The molecule has 2 atom stereocenters. The molecule has 2 unspecified atom stereocenters. The predicted molar refractivity (Wildman–Crippen MR) is 88.5 cm³/mol. The molecule has 1 fully saturated rings.